The van der Waals surface area contributed by atoms with E-state index in [2.05, 4.69) is 48.5 Å². The highest BCUT2D eigenvalue weighted by molar-refractivity contribution is 9.10. The van der Waals surface area contributed by atoms with Gasteiger partial charge < -0.3 is 10.5 Å². The molecular weight excluding hydrogens is 335 g/mol. The number of rotatable bonds is 3. The average Bonchev–Trinajstić information content (AvgIpc) is 2.30. The van der Waals surface area contributed by atoms with E-state index in [0.717, 1.165) is 23.1 Å². The molecule has 21 heavy (non-hydrogen) atoms. The Morgan fingerprint density at radius 3 is 2.38 bits per heavy atom. The van der Waals surface area contributed by atoms with Gasteiger partial charge in [0.1, 0.15) is 5.82 Å². The van der Waals surface area contributed by atoms with E-state index in [4.69, 9.17) is 10.5 Å². The summed E-state index contributed by atoms with van der Waals surface area (Å²) in [5, 5.41) is 0. The van der Waals surface area contributed by atoms with Crippen LogP contribution in [0.1, 0.15) is 39.3 Å². The molecule has 0 aromatic heterocycles. The summed E-state index contributed by atoms with van der Waals surface area (Å²) in [4.78, 5) is 2.29. The number of ether oxygens (including phenoxy) is 1. The zero-order valence-corrected chi connectivity index (χ0v) is 14.7. The normalized spacial score (nSPS) is 23.0. The van der Waals surface area contributed by atoms with Crippen LogP contribution in [-0.4, -0.2) is 35.7 Å². The largest absolute Gasteiger partial charge is 0.367 e. The third kappa shape index (κ3) is 4.03. The van der Waals surface area contributed by atoms with Gasteiger partial charge in [0, 0.05) is 30.1 Å². The van der Waals surface area contributed by atoms with E-state index >= 15 is 0 Å². The van der Waals surface area contributed by atoms with Crippen molar-refractivity contribution in [1.82, 2.24) is 4.90 Å². The van der Waals surface area contributed by atoms with Crippen molar-refractivity contribution in [2.24, 2.45) is 5.73 Å². The molecule has 118 valence electrons. The highest BCUT2D eigenvalue weighted by atomic mass is 79.9. The number of hydrogen-bond donors (Lipinski definition) is 1. The fourth-order valence-electron chi connectivity index (χ4n) is 3.31. The van der Waals surface area contributed by atoms with E-state index in [1.165, 1.54) is 6.07 Å². The Labute approximate surface area is 134 Å². The Morgan fingerprint density at radius 1 is 1.29 bits per heavy atom. The standard InChI is InChI=1S/C16H24BrFN2O/c1-15(2)9-20(10-16(3,4)21-15)14(8-19)12-7-11(18)5-6-13(12)17/h5-7,14H,8-10,19H2,1-4H3. The van der Waals surface area contributed by atoms with E-state index < -0.39 is 0 Å². The maximum atomic E-state index is 13.6. The summed E-state index contributed by atoms with van der Waals surface area (Å²) < 4.78 is 20.6. The highest BCUT2D eigenvalue weighted by Crippen LogP contribution is 2.35. The van der Waals surface area contributed by atoms with E-state index in [1.807, 2.05) is 0 Å². The molecule has 0 amide bonds. The first-order chi connectivity index (χ1) is 9.63. The minimum absolute atomic E-state index is 0.0301. The smallest absolute Gasteiger partial charge is 0.123 e. The van der Waals surface area contributed by atoms with E-state index in [9.17, 15) is 4.39 Å². The van der Waals surface area contributed by atoms with Gasteiger partial charge in [0.2, 0.25) is 0 Å². The number of benzene rings is 1. The summed E-state index contributed by atoms with van der Waals surface area (Å²) in [5.41, 5.74) is 6.39. The molecule has 0 aliphatic carbocycles. The summed E-state index contributed by atoms with van der Waals surface area (Å²) >= 11 is 3.52. The Kier molecular flexibility index (Phi) is 4.78. The summed E-state index contributed by atoms with van der Waals surface area (Å²) in [6, 6.07) is 4.73. The molecule has 1 aliphatic rings. The predicted octanol–water partition coefficient (Wildman–Crippen LogP) is 3.48. The van der Waals surface area contributed by atoms with Crippen LogP contribution < -0.4 is 5.73 Å². The van der Waals surface area contributed by atoms with E-state index in [1.54, 1.807) is 12.1 Å². The lowest BCUT2D eigenvalue weighted by atomic mass is 9.95. The zero-order valence-electron chi connectivity index (χ0n) is 13.1. The van der Waals surface area contributed by atoms with Gasteiger partial charge in [-0.15, -0.1) is 0 Å². The fraction of sp³-hybridized carbons (Fsp3) is 0.625. The van der Waals surface area contributed by atoms with Crippen LogP contribution in [0.15, 0.2) is 22.7 Å². The molecule has 1 heterocycles. The Bertz CT molecular complexity index is 503. The second kappa shape index (κ2) is 5.95. The molecule has 1 atom stereocenters. The van der Waals surface area contributed by atoms with Crippen LogP contribution in [0.4, 0.5) is 4.39 Å². The van der Waals surface area contributed by atoms with Gasteiger partial charge in [0.15, 0.2) is 0 Å². The summed E-state index contributed by atoms with van der Waals surface area (Å²) in [6.07, 6.45) is 0. The summed E-state index contributed by atoms with van der Waals surface area (Å²) in [5.74, 6) is -0.238. The van der Waals surface area contributed by atoms with Gasteiger partial charge in [0.25, 0.3) is 0 Å². The van der Waals surface area contributed by atoms with Crippen LogP contribution >= 0.6 is 15.9 Å². The van der Waals surface area contributed by atoms with Crippen molar-refractivity contribution in [3.8, 4) is 0 Å². The minimum Gasteiger partial charge on any atom is -0.367 e. The SMILES string of the molecule is CC1(C)CN(C(CN)c2cc(F)ccc2Br)CC(C)(C)O1. The minimum atomic E-state index is -0.255. The second-order valence-electron chi connectivity index (χ2n) is 6.94. The lowest BCUT2D eigenvalue weighted by Gasteiger charge is -2.49. The van der Waals surface area contributed by atoms with Gasteiger partial charge in [-0.3, -0.25) is 4.90 Å². The van der Waals surface area contributed by atoms with Crippen molar-refractivity contribution in [3.63, 3.8) is 0 Å². The lowest BCUT2D eigenvalue weighted by molar-refractivity contribution is -0.187. The van der Waals surface area contributed by atoms with Crippen LogP contribution in [0.2, 0.25) is 0 Å². The van der Waals surface area contributed by atoms with Gasteiger partial charge in [-0.1, -0.05) is 15.9 Å². The molecule has 5 heteroatoms. The number of nitrogens with two attached hydrogens (primary N) is 1. The van der Waals surface area contributed by atoms with E-state index in [0.29, 0.717) is 6.54 Å². The molecule has 1 saturated heterocycles. The first kappa shape index (κ1) is 16.9. The summed E-state index contributed by atoms with van der Waals surface area (Å²) in [7, 11) is 0. The molecule has 2 N–H and O–H groups in total. The monoisotopic (exact) mass is 358 g/mol. The van der Waals surface area contributed by atoms with Crippen molar-refractivity contribution in [2.75, 3.05) is 19.6 Å². The molecule has 2 rings (SSSR count). The highest BCUT2D eigenvalue weighted by Gasteiger charge is 2.40. The first-order valence-corrected chi connectivity index (χ1v) is 8.02. The lowest BCUT2D eigenvalue weighted by Crippen LogP contribution is -2.58. The first-order valence-electron chi connectivity index (χ1n) is 7.23. The fourth-order valence-corrected chi connectivity index (χ4v) is 3.82. The maximum Gasteiger partial charge on any atom is 0.123 e. The third-order valence-corrected chi connectivity index (χ3v) is 4.42. The van der Waals surface area contributed by atoms with Crippen molar-refractivity contribution in [2.45, 2.75) is 44.9 Å². The average molecular weight is 359 g/mol. The Balaban J connectivity index is 2.34. The van der Waals surface area contributed by atoms with Gasteiger partial charge in [-0.2, -0.15) is 0 Å². The van der Waals surface area contributed by atoms with Crippen LogP contribution in [0.5, 0.6) is 0 Å². The van der Waals surface area contributed by atoms with Crippen molar-refractivity contribution in [1.29, 1.82) is 0 Å². The molecule has 1 aromatic rings. The molecule has 1 unspecified atom stereocenters. The van der Waals surface area contributed by atoms with Gasteiger partial charge >= 0.3 is 0 Å². The van der Waals surface area contributed by atoms with Crippen LogP contribution in [0, 0.1) is 5.82 Å². The molecule has 1 aliphatic heterocycles. The van der Waals surface area contributed by atoms with Crippen molar-refractivity contribution < 1.29 is 9.13 Å². The van der Waals surface area contributed by atoms with Gasteiger partial charge in [0.05, 0.1) is 11.2 Å². The molecule has 1 aromatic carbocycles. The van der Waals surface area contributed by atoms with Crippen molar-refractivity contribution >= 4 is 15.9 Å². The molecule has 0 radical (unpaired) electrons. The zero-order chi connectivity index (χ0) is 15.8. The maximum absolute atomic E-state index is 13.6. The number of nitrogens with zero attached hydrogens (tertiary/aromatic N) is 1. The molecule has 1 fully saturated rings. The number of hydrogen-bond acceptors (Lipinski definition) is 3. The summed E-state index contributed by atoms with van der Waals surface area (Å²) in [6.45, 7) is 10.3. The van der Waals surface area contributed by atoms with Gasteiger partial charge in [-0.25, -0.2) is 4.39 Å². The van der Waals surface area contributed by atoms with Crippen molar-refractivity contribution in [3.05, 3.63) is 34.1 Å². The van der Waals surface area contributed by atoms with Crippen LogP contribution in [0.25, 0.3) is 0 Å². The molecule has 3 nitrogen and oxygen atoms in total. The Morgan fingerprint density at radius 2 is 1.86 bits per heavy atom. The number of morpholine rings is 1. The quantitative estimate of drug-likeness (QED) is 0.898. The molecule has 0 saturated carbocycles. The van der Waals surface area contributed by atoms with Crippen LogP contribution in [-0.2, 0) is 4.74 Å². The second-order valence-corrected chi connectivity index (χ2v) is 7.80. The molecular formula is C16H24BrFN2O. The Hall–Kier alpha value is -0.490. The van der Waals surface area contributed by atoms with E-state index in [-0.39, 0.29) is 23.1 Å². The molecule has 0 spiro atoms. The van der Waals surface area contributed by atoms with Crippen LogP contribution in [0.3, 0.4) is 0 Å². The van der Waals surface area contributed by atoms with Gasteiger partial charge in [-0.05, 0) is 51.5 Å². The molecule has 0 bridgehead atoms. The predicted molar refractivity (Wildman–Crippen MR) is 86.7 cm³/mol. The third-order valence-electron chi connectivity index (χ3n) is 3.70. The topological polar surface area (TPSA) is 38.5 Å². The number of halogens is 2.